The minimum Gasteiger partial charge on any atom is -0.503 e. The van der Waals surface area contributed by atoms with Gasteiger partial charge in [0.15, 0.2) is 23.2 Å². The molecule has 0 amide bonds. The summed E-state index contributed by atoms with van der Waals surface area (Å²) in [5.41, 5.74) is 0. The average Bonchev–Trinajstić information content (AvgIpc) is 2.08. The fourth-order valence-corrected chi connectivity index (χ4v) is 0.902. The summed E-state index contributed by atoms with van der Waals surface area (Å²) >= 11 is 0. The molecule has 1 aromatic rings. The SMILES string of the molecule is Oc1c(F)c(F)c(F)c(P)c1F. The first-order valence-electron chi connectivity index (χ1n) is 2.77. The fraction of sp³-hybridized carbons (Fsp3) is 0. The van der Waals surface area contributed by atoms with E-state index in [1.165, 1.54) is 9.24 Å². The molecule has 66 valence electrons. The quantitative estimate of drug-likeness (QED) is 0.289. The summed E-state index contributed by atoms with van der Waals surface area (Å²) < 4.78 is 49.6. The lowest BCUT2D eigenvalue weighted by Gasteiger charge is -2.03. The van der Waals surface area contributed by atoms with E-state index in [0.29, 0.717) is 0 Å². The van der Waals surface area contributed by atoms with Crippen LogP contribution in [0.2, 0.25) is 0 Å². The van der Waals surface area contributed by atoms with Crippen molar-refractivity contribution in [1.29, 1.82) is 0 Å². The lowest BCUT2D eigenvalue weighted by molar-refractivity contribution is 0.363. The van der Waals surface area contributed by atoms with E-state index in [1.807, 2.05) is 0 Å². The van der Waals surface area contributed by atoms with Gasteiger partial charge in [0.25, 0.3) is 0 Å². The maximum absolute atomic E-state index is 12.5. The molecule has 1 unspecified atom stereocenters. The second-order valence-corrected chi connectivity index (χ2v) is 2.60. The molecule has 1 atom stereocenters. The first kappa shape index (κ1) is 9.26. The minimum atomic E-state index is -1.92. The second-order valence-electron chi connectivity index (χ2n) is 2.02. The Balaban J connectivity index is 3.60. The van der Waals surface area contributed by atoms with Gasteiger partial charge in [-0.15, -0.1) is 0 Å². The fourth-order valence-electron chi connectivity index (χ4n) is 0.639. The summed E-state index contributed by atoms with van der Waals surface area (Å²) in [7, 11) is 1.52. The van der Waals surface area contributed by atoms with Gasteiger partial charge in [0.05, 0.1) is 0 Å². The van der Waals surface area contributed by atoms with Crippen molar-refractivity contribution in [3.8, 4) is 5.75 Å². The lowest BCUT2D eigenvalue weighted by atomic mass is 10.3. The molecule has 0 heterocycles. The van der Waals surface area contributed by atoms with Crippen molar-refractivity contribution in [1.82, 2.24) is 0 Å². The summed E-state index contributed by atoms with van der Waals surface area (Å²) in [6, 6.07) is 0. The van der Waals surface area contributed by atoms with Crippen LogP contribution in [0.15, 0.2) is 0 Å². The Hall–Kier alpha value is -0.830. The highest BCUT2D eigenvalue weighted by Crippen LogP contribution is 2.24. The number of benzene rings is 1. The number of rotatable bonds is 0. The monoisotopic (exact) mass is 198 g/mol. The summed E-state index contributed by atoms with van der Waals surface area (Å²) in [6.45, 7) is 0. The smallest absolute Gasteiger partial charge is 0.206 e. The average molecular weight is 198 g/mol. The van der Waals surface area contributed by atoms with E-state index in [1.54, 1.807) is 0 Å². The van der Waals surface area contributed by atoms with Crippen molar-refractivity contribution in [2.24, 2.45) is 0 Å². The molecule has 0 spiro atoms. The molecule has 1 nitrogen and oxygen atoms in total. The van der Waals surface area contributed by atoms with Gasteiger partial charge in [0.2, 0.25) is 5.82 Å². The van der Waals surface area contributed by atoms with E-state index in [4.69, 9.17) is 5.11 Å². The summed E-state index contributed by atoms with van der Waals surface area (Å²) in [5, 5.41) is 7.69. The Morgan fingerprint density at radius 2 is 1.33 bits per heavy atom. The molecule has 0 bridgehead atoms. The zero-order chi connectivity index (χ0) is 9.46. The molecule has 1 aromatic carbocycles. The zero-order valence-corrected chi connectivity index (χ0v) is 6.69. The maximum atomic E-state index is 12.5. The summed E-state index contributed by atoms with van der Waals surface area (Å²) in [6.07, 6.45) is 0. The van der Waals surface area contributed by atoms with E-state index in [-0.39, 0.29) is 0 Å². The van der Waals surface area contributed by atoms with E-state index in [2.05, 4.69) is 0 Å². The van der Waals surface area contributed by atoms with Crippen molar-refractivity contribution >= 4 is 14.5 Å². The molecule has 0 aliphatic carbocycles. The van der Waals surface area contributed by atoms with E-state index in [9.17, 15) is 17.6 Å². The van der Waals surface area contributed by atoms with Crippen LogP contribution in [-0.4, -0.2) is 5.11 Å². The van der Waals surface area contributed by atoms with Crippen LogP contribution in [0.3, 0.4) is 0 Å². The van der Waals surface area contributed by atoms with Crippen LogP contribution in [0.4, 0.5) is 17.6 Å². The van der Waals surface area contributed by atoms with Crippen LogP contribution >= 0.6 is 9.24 Å². The van der Waals surface area contributed by atoms with Gasteiger partial charge in [-0.3, -0.25) is 0 Å². The highest BCUT2D eigenvalue weighted by atomic mass is 31.0. The van der Waals surface area contributed by atoms with Gasteiger partial charge in [0.1, 0.15) is 0 Å². The highest BCUT2D eigenvalue weighted by Gasteiger charge is 2.22. The summed E-state index contributed by atoms with van der Waals surface area (Å²) in [5.74, 6) is -8.50. The maximum Gasteiger partial charge on any atom is 0.206 e. The number of aromatic hydroxyl groups is 1. The van der Waals surface area contributed by atoms with Crippen LogP contribution in [0.5, 0.6) is 5.75 Å². The molecule has 0 radical (unpaired) electrons. The molecule has 0 aliphatic heterocycles. The van der Waals surface area contributed by atoms with Gasteiger partial charge in [-0.2, -0.15) is 4.39 Å². The van der Waals surface area contributed by atoms with Crippen LogP contribution in [0.25, 0.3) is 0 Å². The first-order chi connectivity index (χ1) is 5.46. The Morgan fingerprint density at radius 1 is 0.833 bits per heavy atom. The largest absolute Gasteiger partial charge is 0.503 e. The molecule has 0 aliphatic rings. The van der Waals surface area contributed by atoms with Gasteiger partial charge in [-0.25, -0.2) is 13.2 Å². The molecule has 12 heavy (non-hydrogen) atoms. The molecule has 0 saturated carbocycles. The highest BCUT2D eigenvalue weighted by molar-refractivity contribution is 7.27. The zero-order valence-electron chi connectivity index (χ0n) is 5.54. The Morgan fingerprint density at radius 3 is 1.83 bits per heavy atom. The van der Waals surface area contributed by atoms with Crippen molar-refractivity contribution in [2.45, 2.75) is 0 Å². The van der Waals surface area contributed by atoms with E-state index in [0.717, 1.165) is 0 Å². The van der Waals surface area contributed by atoms with Crippen molar-refractivity contribution in [3.05, 3.63) is 23.3 Å². The number of hydrogen-bond donors (Lipinski definition) is 1. The number of hydrogen-bond acceptors (Lipinski definition) is 1. The van der Waals surface area contributed by atoms with Gasteiger partial charge in [-0.05, 0) is 0 Å². The minimum absolute atomic E-state index is 0.827. The Bertz CT molecular complexity index is 234. The number of phenols is 1. The van der Waals surface area contributed by atoms with Crippen LogP contribution in [0.1, 0.15) is 0 Å². The van der Waals surface area contributed by atoms with Gasteiger partial charge >= 0.3 is 0 Å². The van der Waals surface area contributed by atoms with Gasteiger partial charge in [-0.1, -0.05) is 9.24 Å². The normalized spacial score (nSPS) is 10.4. The van der Waals surface area contributed by atoms with Gasteiger partial charge in [0, 0.05) is 5.30 Å². The summed E-state index contributed by atoms with van der Waals surface area (Å²) in [4.78, 5) is 0. The first-order valence-corrected chi connectivity index (χ1v) is 3.35. The predicted molar refractivity (Wildman–Crippen MR) is 37.3 cm³/mol. The molecule has 6 heteroatoms. The molecular weight excluding hydrogens is 195 g/mol. The third-order valence-electron chi connectivity index (χ3n) is 1.27. The van der Waals surface area contributed by atoms with Crippen molar-refractivity contribution < 1.29 is 22.7 Å². The topological polar surface area (TPSA) is 20.2 Å². The predicted octanol–water partition coefficient (Wildman–Crippen LogP) is 1.45. The Kier molecular flexibility index (Phi) is 2.24. The lowest BCUT2D eigenvalue weighted by Crippen LogP contribution is -2.10. The van der Waals surface area contributed by atoms with Crippen LogP contribution in [-0.2, 0) is 0 Å². The molecule has 0 fully saturated rings. The molecule has 1 N–H and O–H groups in total. The third kappa shape index (κ3) is 1.14. The Labute approximate surface area is 67.2 Å². The van der Waals surface area contributed by atoms with Gasteiger partial charge < -0.3 is 5.11 Å². The molecule has 0 saturated heterocycles. The standard InChI is InChI=1S/C6H3F4OP/c7-1-2(8)5(11)4(10)6(12)3(1)9/h11H,12H2. The van der Waals surface area contributed by atoms with Crippen molar-refractivity contribution in [3.63, 3.8) is 0 Å². The second kappa shape index (κ2) is 2.90. The van der Waals surface area contributed by atoms with Crippen LogP contribution < -0.4 is 5.30 Å². The van der Waals surface area contributed by atoms with Crippen LogP contribution in [0, 0.1) is 23.3 Å². The van der Waals surface area contributed by atoms with Crippen molar-refractivity contribution in [2.75, 3.05) is 0 Å². The number of halogens is 4. The molecule has 1 rings (SSSR count). The van der Waals surface area contributed by atoms with E-state index < -0.39 is 34.3 Å². The molecular formula is C6H3F4OP. The number of phenolic OH excluding ortho intramolecular Hbond substituents is 1. The molecule has 0 aromatic heterocycles. The van der Waals surface area contributed by atoms with E-state index >= 15 is 0 Å². The third-order valence-corrected chi connectivity index (χ3v) is 1.78.